The van der Waals surface area contributed by atoms with Crippen LogP contribution in [0.25, 0.3) is 0 Å². The summed E-state index contributed by atoms with van der Waals surface area (Å²) in [5.74, 6) is -0.0411. The van der Waals surface area contributed by atoms with E-state index in [1.165, 1.54) is 13.1 Å². The van der Waals surface area contributed by atoms with Gasteiger partial charge in [0.05, 0.1) is 5.69 Å². The van der Waals surface area contributed by atoms with Crippen LogP contribution in [0, 0.1) is 0 Å². The third-order valence-electron chi connectivity index (χ3n) is 2.35. The van der Waals surface area contributed by atoms with Crippen LogP contribution in [0.1, 0.15) is 17.3 Å². The first-order valence-electron chi connectivity index (χ1n) is 5.41. The summed E-state index contributed by atoms with van der Waals surface area (Å²) in [7, 11) is 0. The summed E-state index contributed by atoms with van der Waals surface area (Å²) < 4.78 is 0. The van der Waals surface area contributed by atoms with Gasteiger partial charge in [-0.2, -0.15) is 5.11 Å². The van der Waals surface area contributed by atoms with E-state index in [9.17, 15) is 14.4 Å². The number of ketones is 1. The van der Waals surface area contributed by atoms with E-state index in [2.05, 4.69) is 15.2 Å². The summed E-state index contributed by atoms with van der Waals surface area (Å²) in [4.78, 5) is 37.5. The number of aromatic nitrogens is 2. The topological polar surface area (TPSA) is 108 Å². The minimum atomic E-state index is -0.618. The Morgan fingerprint density at radius 2 is 1.79 bits per heavy atom. The van der Waals surface area contributed by atoms with Gasteiger partial charge in [0.2, 0.25) is 0 Å². The highest BCUT2D eigenvalue weighted by molar-refractivity contribution is 5.94. The van der Waals surface area contributed by atoms with E-state index in [1.54, 1.807) is 24.3 Å². The van der Waals surface area contributed by atoms with Gasteiger partial charge < -0.3 is 4.98 Å². The van der Waals surface area contributed by atoms with Gasteiger partial charge in [0.1, 0.15) is 0 Å². The van der Waals surface area contributed by atoms with Crippen molar-refractivity contribution in [1.29, 1.82) is 0 Å². The predicted octanol–water partition coefficient (Wildman–Crippen LogP) is 1.68. The molecule has 0 spiro atoms. The van der Waals surface area contributed by atoms with Crippen molar-refractivity contribution in [2.24, 2.45) is 10.2 Å². The Bertz CT molecular complexity index is 741. The Kier molecular flexibility index (Phi) is 3.46. The highest BCUT2D eigenvalue weighted by atomic mass is 16.2. The van der Waals surface area contributed by atoms with E-state index >= 15 is 0 Å². The summed E-state index contributed by atoms with van der Waals surface area (Å²) in [6.45, 7) is 1.47. The molecule has 7 heteroatoms. The Balaban J connectivity index is 2.25. The molecule has 0 radical (unpaired) electrons. The third-order valence-corrected chi connectivity index (χ3v) is 2.35. The minimum absolute atomic E-state index is 0.00440. The fourth-order valence-corrected chi connectivity index (χ4v) is 1.35. The summed E-state index contributed by atoms with van der Waals surface area (Å²) in [5, 5.41) is 7.56. The molecular weight excluding hydrogens is 248 g/mol. The zero-order valence-corrected chi connectivity index (χ0v) is 10.0. The molecule has 0 saturated heterocycles. The number of Topliss-reactive ketones (excluding diaryl/α,β-unsaturated/α-hetero) is 1. The molecule has 19 heavy (non-hydrogen) atoms. The second-order valence-electron chi connectivity index (χ2n) is 3.76. The molecule has 0 fully saturated rings. The van der Waals surface area contributed by atoms with E-state index < -0.39 is 11.2 Å². The van der Waals surface area contributed by atoms with Crippen LogP contribution < -0.4 is 11.2 Å². The van der Waals surface area contributed by atoms with E-state index in [-0.39, 0.29) is 11.5 Å². The maximum Gasteiger partial charge on any atom is 0.325 e. The second-order valence-corrected chi connectivity index (χ2v) is 3.76. The maximum atomic E-state index is 11.3. The third kappa shape index (κ3) is 3.09. The quantitative estimate of drug-likeness (QED) is 0.645. The van der Waals surface area contributed by atoms with Crippen molar-refractivity contribution in [3.63, 3.8) is 0 Å². The van der Waals surface area contributed by atoms with Gasteiger partial charge in [-0.15, -0.1) is 5.11 Å². The number of hydrogen-bond donors (Lipinski definition) is 2. The molecule has 2 aromatic rings. The highest BCUT2D eigenvalue weighted by Gasteiger charge is 1.99. The number of hydrogen-bond acceptors (Lipinski definition) is 5. The van der Waals surface area contributed by atoms with Crippen molar-refractivity contribution >= 4 is 17.2 Å². The summed E-state index contributed by atoms with van der Waals surface area (Å²) in [5.41, 5.74) is -0.158. The van der Waals surface area contributed by atoms with Crippen LogP contribution in [0.4, 0.5) is 11.4 Å². The SMILES string of the molecule is CC(=O)c1ccc(N=Nc2c[nH]c(=O)[nH]c2=O)cc1. The van der Waals surface area contributed by atoms with Crippen LogP contribution in [-0.4, -0.2) is 15.8 Å². The lowest BCUT2D eigenvalue weighted by Gasteiger charge is -1.95. The maximum absolute atomic E-state index is 11.3. The number of carbonyl (C=O) groups is 1. The zero-order valence-electron chi connectivity index (χ0n) is 10.0. The van der Waals surface area contributed by atoms with Crippen molar-refractivity contribution in [3.05, 3.63) is 56.9 Å². The van der Waals surface area contributed by atoms with Crippen molar-refractivity contribution < 1.29 is 4.79 Å². The fourth-order valence-electron chi connectivity index (χ4n) is 1.35. The molecule has 96 valence electrons. The molecule has 1 aromatic carbocycles. The molecular formula is C12H10N4O3. The molecule has 2 N–H and O–H groups in total. The van der Waals surface area contributed by atoms with Crippen molar-refractivity contribution in [3.8, 4) is 0 Å². The van der Waals surface area contributed by atoms with Gasteiger partial charge in [-0.25, -0.2) is 4.79 Å². The van der Waals surface area contributed by atoms with Crippen LogP contribution in [0.5, 0.6) is 0 Å². The minimum Gasteiger partial charge on any atom is -0.312 e. The Hall–Kier alpha value is -2.83. The molecule has 1 aromatic heterocycles. The Morgan fingerprint density at radius 3 is 2.37 bits per heavy atom. The van der Waals surface area contributed by atoms with Gasteiger partial charge in [-0.3, -0.25) is 14.6 Å². The van der Waals surface area contributed by atoms with E-state index in [1.807, 2.05) is 4.98 Å². The van der Waals surface area contributed by atoms with Crippen LogP contribution in [0.15, 0.2) is 50.3 Å². The Morgan fingerprint density at radius 1 is 1.11 bits per heavy atom. The predicted molar refractivity (Wildman–Crippen MR) is 68.3 cm³/mol. The highest BCUT2D eigenvalue weighted by Crippen LogP contribution is 2.15. The molecule has 0 unspecified atom stereocenters. The average Bonchev–Trinajstić information content (AvgIpc) is 2.38. The van der Waals surface area contributed by atoms with E-state index in [0.717, 1.165) is 0 Å². The smallest absolute Gasteiger partial charge is 0.312 e. The molecule has 0 atom stereocenters. The average molecular weight is 258 g/mol. The monoisotopic (exact) mass is 258 g/mol. The lowest BCUT2D eigenvalue weighted by molar-refractivity contribution is 0.101. The van der Waals surface area contributed by atoms with Crippen LogP contribution >= 0.6 is 0 Å². The molecule has 1 heterocycles. The first kappa shape index (κ1) is 12.6. The number of rotatable bonds is 3. The number of benzene rings is 1. The molecule has 7 nitrogen and oxygen atoms in total. The normalized spacial score (nSPS) is 10.8. The summed E-state index contributed by atoms with van der Waals surface area (Å²) in [6, 6.07) is 6.46. The van der Waals surface area contributed by atoms with E-state index in [0.29, 0.717) is 11.3 Å². The summed E-state index contributed by atoms with van der Waals surface area (Å²) in [6.07, 6.45) is 1.18. The lowest BCUT2D eigenvalue weighted by Crippen LogP contribution is -2.20. The number of carbonyl (C=O) groups excluding carboxylic acids is 1. The van der Waals surface area contributed by atoms with Crippen molar-refractivity contribution in [2.75, 3.05) is 0 Å². The van der Waals surface area contributed by atoms with Crippen molar-refractivity contribution in [1.82, 2.24) is 9.97 Å². The lowest BCUT2D eigenvalue weighted by atomic mass is 10.1. The molecule has 0 saturated carbocycles. The molecule has 0 amide bonds. The zero-order chi connectivity index (χ0) is 13.8. The molecule has 0 aliphatic rings. The Labute approximate surface area is 107 Å². The number of azo groups is 1. The van der Waals surface area contributed by atoms with Crippen LogP contribution in [0.3, 0.4) is 0 Å². The number of nitrogens with one attached hydrogen (secondary N) is 2. The van der Waals surface area contributed by atoms with E-state index in [4.69, 9.17) is 0 Å². The molecule has 2 rings (SSSR count). The first-order valence-corrected chi connectivity index (χ1v) is 5.41. The molecule has 0 bridgehead atoms. The number of nitrogens with zero attached hydrogens (tertiary/aromatic N) is 2. The standard InChI is InChI=1S/C12H10N4O3/c1-7(17)8-2-4-9(5-3-8)15-16-10-6-13-12(19)14-11(10)18/h2-6H,1H3,(H2,13,14,18,19). The molecule has 0 aliphatic carbocycles. The van der Waals surface area contributed by atoms with Crippen molar-refractivity contribution in [2.45, 2.75) is 6.92 Å². The first-order chi connectivity index (χ1) is 9.06. The van der Waals surface area contributed by atoms with Gasteiger partial charge in [0.25, 0.3) is 5.56 Å². The number of aromatic amines is 2. The van der Waals surface area contributed by atoms with Gasteiger partial charge >= 0.3 is 5.69 Å². The summed E-state index contributed by atoms with van der Waals surface area (Å²) >= 11 is 0. The van der Waals surface area contributed by atoms with Gasteiger partial charge in [-0.05, 0) is 31.2 Å². The van der Waals surface area contributed by atoms with Crippen LogP contribution in [0.2, 0.25) is 0 Å². The second kappa shape index (κ2) is 5.21. The van der Waals surface area contributed by atoms with Gasteiger partial charge in [-0.1, -0.05) is 0 Å². The largest absolute Gasteiger partial charge is 0.325 e. The van der Waals surface area contributed by atoms with Gasteiger partial charge in [0.15, 0.2) is 11.5 Å². The fraction of sp³-hybridized carbons (Fsp3) is 0.0833. The van der Waals surface area contributed by atoms with Crippen LogP contribution in [-0.2, 0) is 0 Å². The van der Waals surface area contributed by atoms with Gasteiger partial charge in [0, 0.05) is 11.8 Å². The number of H-pyrrole nitrogens is 2. The molecule has 0 aliphatic heterocycles.